The lowest BCUT2D eigenvalue weighted by atomic mass is 10.3. The molecule has 1 N–H and O–H groups in total. The van der Waals surface area contributed by atoms with Gasteiger partial charge in [-0.15, -0.1) is 0 Å². The highest BCUT2D eigenvalue weighted by atomic mass is 35.6. The van der Waals surface area contributed by atoms with Crippen LogP contribution in [0.1, 0.15) is 40.5 Å². The van der Waals surface area contributed by atoms with Crippen molar-refractivity contribution in [1.29, 1.82) is 0 Å². The third-order valence-electron chi connectivity index (χ3n) is 2.40. The van der Waals surface area contributed by atoms with Crippen LogP contribution in [-0.2, 0) is 13.6 Å². The molecule has 4 nitrogen and oxygen atoms in total. The van der Waals surface area contributed by atoms with E-state index in [4.69, 9.17) is 43.9 Å². The van der Waals surface area contributed by atoms with E-state index in [9.17, 15) is 9.67 Å². The fourth-order valence-electron chi connectivity index (χ4n) is 0.970. The average molecular weight is 342 g/mol. The Morgan fingerprint density at radius 2 is 1.44 bits per heavy atom. The summed E-state index contributed by atoms with van der Waals surface area (Å²) in [5.41, 5.74) is 0. The standard InChI is InChI=1S/C10H20Cl3O4P/c1-5-7(3)16-18(15,17-8(4)6-2)9(14)10(11,12)13/h7-9,14H,5-6H2,1-4H3/t7-,8+,9-,18?/m0/s1. The molecule has 0 spiro atoms. The third kappa shape index (κ3) is 5.96. The zero-order chi connectivity index (χ0) is 14.6. The zero-order valence-corrected chi connectivity index (χ0v) is 14.1. The molecule has 0 saturated carbocycles. The van der Waals surface area contributed by atoms with Crippen LogP contribution in [0.4, 0.5) is 0 Å². The van der Waals surface area contributed by atoms with Crippen molar-refractivity contribution in [2.75, 3.05) is 0 Å². The van der Waals surface area contributed by atoms with Gasteiger partial charge in [-0.25, -0.2) is 0 Å². The number of hydrogen-bond acceptors (Lipinski definition) is 4. The zero-order valence-electron chi connectivity index (χ0n) is 10.9. The highest BCUT2D eigenvalue weighted by Gasteiger charge is 2.49. The quantitative estimate of drug-likeness (QED) is 0.547. The Labute approximate surface area is 123 Å². The highest BCUT2D eigenvalue weighted by Crippen LogP contribution is 2.60. The van der Waals surface area contributed by atoms with Crippen LogP contribution in [0.25, 0.3) is 0 Å². The summed E-state index contributed by atoms with van der Waals surface area (Å²) in [6.45, 7) is 7.11. The van der Waals surface area contributed by atoms with Crippen LogP contribution >= 0.6 is 42.4 Å². The van der Waals surface area contributed by atoms with Gasteiger partial charge >= 0.3 is 7.60 Å². The SMILES string of the molecule is CC[C@@H](C)OP(=O)(O[C@@H](C)CC)[C@H](O)C(Cl)(Cl)Cl. The summed E-state index contributed by atoms with van der Waals surface area (Å²) in [6, 6.07) is 0. The molecule has 0 aliphatic heterocycles. The van der Waals surface area contributed by atoms with Crippen molar-refractivity contribution in [3.8, 4) is 0 Å². The molecule has 0 amide bonds. The van der Waals surface area contributed by atoms with E-state index in [0.29, 0.717) is 12.8 Å². The van der Waals surface area contributed by atoms with Crippen LogP contribution in [0.3, 0.4) is 0 Å². The van der Waals surface area contributed by atoms with E-state index >= 15 is 0 Å². The Morgan fingerprint density at radius 3 is 1.67 bits per heavy atom. The Bertz CT molecular complexity index is 279. The van der Waals surface area contributed by atoms with Crippen LogP contribution < -0.4 is 0 Å². The molecule has 0 aromatic carbocycles. The van der Waals surface area contributed by atoms with E-state index in [1.54, 1.807) is 13.8 Å². The molecule has 8 heteroatoms. The van der Waals surface area contributed by atoms with Crippen LogP contribution in [0.2, 0.25) is 0 Å². The monoisotopic (exact) mass is 340 g/mol. The first-order valence-corrected chi connectivity index (χ1v) is 8.52. The number of hydrogen-bond donors (Lipinski definition) is 1. The van der Waals surface area contributed by atoms with Gasteiger partial charge in [0.25, 0.3) is 0 Å². The van der Waals surface area contributed by atoms with E-state index in [1.165, 1.54) is 0 Å². The van der Waals surface area contributed by atoms with E-state index in [-0.39, 0.29) is 12.2 Å². The molecule has 0 rings (SSSR count). The van der Waals surface area contributed by atoms with E-state index < -0.39 is 17.2 Å². The van der Waals surface area contributed by atoms with Gasteiger partial charge in [0, 0.05) is 0 Å². The maximum atomic E-state index is 12.6. The average Bonchev–Trinajstić information content (AvgIpc) is 2.26. The smallest absolute Gasteiger partial charge is 0.363 e. The fraction of sp³-hybridized carbons (Fsp3) is 1.00. The second-order valence-corrected chi connectivity index (χ2v) is 8.46. The molecule has 0 aromatic heterocycles. The molecule has 4 atom stereocenters. The van der Waals surface area contributed by atoms with Gasteiger partial charge in [0.05, 0.1) is 12.2 Å². The van der Waals surface area contributed by atoms with E-state index in [2.05, 4.69) is 0 Å². The minimum absolute atomic E-state index is 0.373. The molecule has 1 unspecified atom stereocenters. The van der Waals surface area contributed by atoms with Crippen molar-refractivity contribution in [2.24, 2.45) is 0 Å². The second-order valence-electron chi connectivity index (χ2n) is 4.10. The number of halogens is 3. The lowest BCUT2D eigenvalue weighted by Crippen LogP contribution is -2.29. The predicted molar refractivity (Wildman–Crippen MR) is 75.6 cm³/mol. The lowest BCUT2D eigenvalue weighted by Gasteiger charge is -2.31. The van der Waals surface area contributed by atoms with Gasteiger partial charge in [0.2, 0.25) is 9.64 Å². The van der Waals surface area contributed by atoms with Crippen molar-refractivity contribution in [3.63, 3.8) is 0 Å². The molecule has 0 aromatic rings. The first-order valence-electron chi connectivity index (χ1n) is 5.78. The summed E-state index contributed by atoms with van der Waals surface area (Å²) in [6.07, 6.45) is 0.449. The summed E-state index contributed by atoms with van der Waals surface area (Å²) in [7, 11) is -3.92. The van der Waals surface area contributed by atoms with Gasteiger partial charge in [-0.05, 0) is 26.7 Å². The molecule has 110 valence electrons. The molecule has 0 bridgehead atoms. The van der Waals surface area contributed by atoms with Gasteiger partial charge in [0.1, 0.15) is 0 Å². The van der Waals surface area contributed by atoms with Crippen molar-refractivity contribution >= 4 is 42.4 Å². The van der Waals surface area contributed by atoms with Crippen LogP contribution in [0.15, 0.2) is 0 Å². The summed E-state index contributed by atoms with van der Waals surface area (Å²) >= 11 is 16.7. The first-order chi connectivity index (χ1) is 8.06. The van der Waals surface area contributed by atoms with Crippen molar-refractivity contribution in [3.05, 3.63) is 0 Å². The number of aliphatic hydroxyl groups excluding tert-OH is 1. The summed E-state index contributed by atoms with van der Waals surface area (Å²) in [5, 5.41) is 9.88. The molecular weight excluding hydrogens is 321 g/mol. The van der Waals surface area contributed by atoms with Crippen LogP contribution in [-0.4, -0.2) is 27.0 Å². The molecular formula is C10H20Cl3O4P. The van der Waals surface area contributed by atoms with Crippen LogP contribution in [0, 0.1) is 0 Å². The van der Waals surface area contributed by atoms with Gasteiger partial charge in [-0.2, -0.15) is 0 Å². The normalized spacial score (nSPS) is 21.1. The maximum absolute atomic E-state index is 12.6. The maximum Gasteiger partial charge on any atom is 0.363 e. The molecule has 0 saturated heterocycles. The first kappa shape index (κ1) is 19.0. The number of alkyl halides is 3. The highest BCUT2D eigenvalue weighted by molar-refractivity contribution is 7.55. The van der Waals surface area contributed by atoms with Crippen LogP contribution in [0.5, 0.6) is 0 Å². The molecule has 18 heavy (non-hydrogen) atoms. The summed E-state index contributed by atoms with van der Waals surface area (Å²) in [5.74, 6) is -1.82. The van der Waals surface area contributed by atoms with E-state index in [1.807, 2.05) is 13.8 Å². The fourth-order valence-corrected chi connectivity index (χ4v) is 3.99. The number of rotatable bonds is 7. The second kappa shape index (κ2) is 7.68. The Balaban J connectivity index is 5.09. The van der Waals surface area contributed by atoms with E-state index in [0.717, 1.165) is 0 Å². The summed E-state index contributed by atoms with van der Waals surface area (Å²) < 4.78 is 21.0. The molecule has 0 heterocycles. The van der Waals surface area contributed by atoms with Crippen molar-refractivity contribution < 1.29 is 18.7 Å². The topological polar surface area (TPSA) is 55.8 Å². The largest absolute Gasteiger partial charge is 0.377 e. The third-order valence-corrected chi connectivity index (χ3v) is 5.77. The van der Waals surface area contributed by atoms with Crippen molar-refractivity contribution in [1.82, 2.24) is 0 Å². The Morgan fingerprint density at radius 1 is 1.11 bits per heavy atom. The van der Waals surface area contributed by atoms with Gasteiger partial charge < -0.3 is 14.2 Å². The lowest BCUT2D eigenvalue weighted by molar-refractivity contribution is 0.0888. The predicted octanol–water partition coefficient (Wildman–Crippen LogP) is 4.50. The minimum atomic E-state index is -3.92. The van der Waals surface area contributed by atoms with Crippen molar-refractivity contribution in [2.45, 2.75) is 62.4 Å². The summed E-state index contributed by atoms with van der Waals surface area (Å²) in [4.78, 5) is 0. The Kier molecular flexibility index (Phi) is 8.10. The van der Waals surface area contributed by atoms with Gasteiger partial charge in [-0.1, -0.05) is 48.7 Å². The Hall–Kier alpha value is 0.980. The molecule has 0 aliphatic carbocycles. The molecule has 0 aliphatic rings. The molecule has 0 radical (unpaired) electrons. The minimum Gasteiger partial charge on any atom is -0.377 e. The number of aliphatic hydroxyl groups is 1. The molecule has 0 fully saturated rings. The van der Waals surface area contributed by atoms with Gasteiger partial charge in [0.15, 0.2) is 0 Å². The van der Waals surface area contributed by atoms with Gasteiger partial charge in [-0.3, -0.25) is 4.57 Å².